The standard InChI is InChI=1S/C12H18O2/c1-9(13)14-12-7-6-10-4-2-3-5-11(10)8-12/h5,10,12H,2-4,6-8H2,1H3. The monoisotopic (exact) mass is 194 g/mol. The maximum absolute atomic E-state index is 10.8. The van der Waals surface area contributed by atoms with Gasteiger partial charge >= 0.3 is 5.97 Å². The van der Waals surface area contributed by atoms with Gasteiger partial charge in [0.05, 0.1) is 0 Å². The molecule has 2 nitrogen and oxygen atoms in total. The van der Waals surface area contributed by atoms with Crippen molar-refractivity contribution >= 4 is 5.97 Å². The van der Waals surface area contributed by atoms with Gasteiger partial charge in [0.25, 0.3) is 0 Å². The highest BCUT2D eigenvalue weighted by Crippen LogP contribution is 2.37. The van der Waals surface area contributed by atoms with Crippen LogP contribution in [0.5, 0.6) is 0 Å². The van der Waals surface area contributed by atoms with Gasteiger partial charge in [-0.1, -0.05) is 11.6 Å². The number of hydrogen-bond donors (Lipinski definition) is 0. The molecule has 1 saturated carbocycles. The lowest BCUT2D eigenvalue weighted by Gasteiger charge is -2.33. The Labute approximate surface area is 85.3 Å². The van der Waals surface area contributed by atoms with E-state index in [1.165, 1.54) is 32.6 Å². The molecule has 0 N–H and O–H groups in total. The molecule has 14 heavy (non-hydrogen) atoms. The highest BCUT2D eigenvalue weighted by molar-refractivity contribution is 5.66. The van der Waals surface area contributed by atoms with E-state index >= 15 is 0 Å². The molecule has 0 spiro atoms. The lowest BCUT2D eigenvalue weighted by atomic mass is 9.77. The Morgan fingerprint density at radius 1 is 1.43 bits per heavy atom. The van der Waals surface area contributed by atoms with Gasteiger partial charge in [0.15, 0.2) is 0 Å². The SMILES string of the molecule is CC(=O)OC1CCC2CCCC=C2C1. The van der Waals surface area contributed by atoms with Crippen molar-refractivity contribution in [2.45, 2.75) is 51.6 Å². The number of carbonyl (C=O) groups excluding carboxylic acids is 1. The third-order valence-corrected chi connectivity index (χ3v) is 3.32. The number of esters is 1. The van der Waals surface area contributed by atoms with Crippen molar-refractivity contribution in [2.24, 2.45) is 5.92 Å². The summed E-state index contributed by atoms with van der Waals surface area (Å²) in [5, 5.41) is 0. The van der Waals surface area contributed by atoms with Crippen LogP contribution in [0.15, 0.2) is 11.6 Å². The molecule has 0 bridgehead atoms. The number of carbonyl (C=O) groups is 1. The molecule has 0 aromatic rings. The first-order chi connectivity index (χ1) is 6.75. The van der Waals surface area contributed by atoms with Gasteiger partial charge in [0.1, 0.15) is 6.10 Å². The Kier molecular flexibility index (Phi) is 2.90. The number of fused-ring (bicyclic) bond motifs is 1. The number of rotatable bonds is 1. The molecular formula is C12H18O2. The molecule has 78 valence electrons. The first kappa shape index (κ1) is 9.75. The van der Waals surface area contributed by atoms with Crippen molar-refractivity contribution < 1.29 is 9.53 Å². The molecule has 0 saturated heterocycles. The maximum atomic E-state index is 10.8. The van der Waals surface area contributed by atoms with Crippen LogP contribution < -0.4 is 0 Å². The number of hydrogen-bond acceptors (Lipinski definition) is 2. The molecule has 0 aromatic carbocycles. The summed E-state index contributed by atoms with van der Waals surface area (Å²) in [4.78, 5) is 10.8. The fourth-order valence-electron chi connectivity index (χ4n) is 2.67. The second kappa shape index (κ2) is 4.16. The first-order valence-corrected chi connectivity index (χ1v) is 5.62. The van der Waals surface area contributed by atoms with E-state index < -0.39 is 0 Å². The maximum Gasteiger partial charge on any atom is 0.302 e. The lowest BCUT2D eigenvalue weighted by Crippen LogP contribution is -2.26. The summed E-state index contributed by atoms with van der Waals surface area (Å²) in [7, 11) is 0. The summed E-state index contributed by atoms with van der Waals surface area (Å²) < 4.78 is 5.26. The van der Waals surface area contributed by atoms with E-state index in [2.05, 4.69) is 6.08 Å². The molecule has 2 heteroatoms. The Morgan fingerprint density at radius 2 is 2.29 bits per heavy atom. The Morgan fingerprint density at radius 3 is 3.07 bits per heavy atom. The first-order valence-electron chi connectivity index (χ1n) is 5.62. The second-order valence-corrected chi connectivity index (χ2v) is 4.42. The minimum Gasteiger partial charge on any atom is -0.462 e. The van der Waals surface area contributed by atoms with Crippen molar-refractivity contribution in [1.82, 2.24) is 0 Å². The van der Waals surface area contributed by atoms with Crippen molar-refractivity contribution in [3.05, 3.63) is 11.6 Å². The van der Waals surface area contributed by atoms with Gasteiger partial charge in [-0.05, 0) is 38.0 Å². The lowest BCUT2D eigenvalue weighted by molar-refractivity contribution is -0.147. The summed E-state index contributed by atoms with van der Waals surface area (Å²) in [5.74, 6) is 0.667. The molecule has 0 amide bonds. The summed E-state index contributed by atoms with van der Waals surface area (Å²) in [5.41, 5.74) is 1.55. The van der Waals surface area contributed by atoms with Crippen LogP contribution >= 0.6 is 0 Å². The van der Waals surface area contributed by atoms with E-state index in [1.54, 1.807) is 5.57 Å². The zero-order valence-corrected chi connectivity index (χ0v) is 8.79. The normalized spacial score (nSPS) is 31.6. The molecular weight excluding hydrogens is 176 g/mol. The molecule has 0 heterocycles. The van der Waals surface area contributed by atoms with Gasteiger partial charge in [0.2, 0.25) is 0 Å². The third-order valence-electron chi connectivity index (χ3n) is 3.32. The summed E-state index contributed by atoms with van der Waals surface area (Å²) in [6.45, 7) is 1.50. The highest BCUT2D eigenvalue weighted by atomic mass is 16.5. The fourth-order valence-corrected chi connectivity index (χ4v) is 2.67. The van der Waals surface area contributed by atoms with Crippen LogP contribution in [0, 0.1) is 5.92 Å². The van der Waals surface area contributed by atoms with Gasteiger partial charge in [-0.25, -0.2) is 0 Å². The molecule has 0 aromatic heterocycles. The van der Waals surface area contributed by atoms with Crippen LogP contribution in [-0.2, 0) is 9.53 Å². The smallest absolute Gasteiger partial charge is 0.302 e. The molecule has 2 unspecified atom stereocenters. The van der Waals surface area contributed by atoms with Crippen molar-refractivity contribution in [3.63, 3.8) is 0 Å². The molecule has 2 aliphatic rings. The van der Waals surface area contributed by atoms with Crippen molar-refractivity contribution in [3.8, 4) is 0 Å². The van der Waals surface area contributed by atoms with Crippen LogP contribution in [0.4, 0.5) is 0 Å². The topological polar surface area (TPSA) is 26.3 Å². The average molecular weight is 194 g/mol. The molecule has 0 radical (unpaired) electrons. The van der Waals surface area contributed by atoms with Gasteiger partial charge in [-0.2, -0.15) is 0 Å². The van der Waals surface area contributed by atoms with Gasteiger partial charge in [0, 0.05) is 13.3 Å². The quantitative estimate of drug-likeness (QED) is 0.474. The van der Waals surface area contributed by atoms with E-state index in [9.17, 15) is 4.79 Å². The van der Waals surface area contributed by atoms with E-state index in [0.717, 1.165) is 18.8 Å². The van der Waals surface area contributed by atoms with Crippen LogP contribution in [0.3, 0.4) is 0 Å². The largest absolute Gasteiger partial charge is 0.462 e. The average Bonchev–Trinajstić information content (AvgIpc) is 2.17. The van der Waals surface area contributed by atoms with Crippen LogP contribution in [0.2, 0.25) is 0 Å². The second-order valence-electron chi connectivity index (χ2n) is 4.42. The predicted octanol–water partition coefficient (Wildman–Crippen LogP) is 2.83. The van der Waals surface area contributed by atoms with Crippen LogP contribution in [0.1, 0.15) is 45.4 Å². The van der Waals surface area contributed by atoms with E-state index in [1.807, 2.05) is 0 Å². The predicted molar refractivity (Wildman–Crippen MR) is 54.8 cm³/mol. The highest BCUT2D eigenvalue weighted by Gasteiger charge is 2.28. The van der Waals surface area contributed by atoms with Gasteiger partial charge in [-0.15, -0.1) is 0 Å². The van der Waals surface area contributed by atoms with Crippen LogP contribution in [-0.4, -0.2) is 12.1 Å². The molecule has 2 rings (SSSR count). The zero-order valence-electron chi connectivity index (χ0n) is 8.79. The molecule has 2 atom stereocenters. The van der Waals surface area contributed by atoms with E-state index in [-0.39, 0.29) is 12.1 Å². The molecule has 0 aliphatic heterocycles. The number of ether oxygens (including phenoxy) is 1. The number of allylic oxidation sites excluding steroid dienone is 1. The summed E-state index contributed by atoms with van der Waals surface area (Å²) >= 11 is 0. The van der Waals surface area contributed by atoms with Gasteiger partial charge in [-0.3, -0.25) is 4.79 Å². The summed E-state index contributed by atoms with van der Waals surface area (Å²) in [6.07, 6.45) is 9.69. The minimum absolute atomic E-state index is 0.134. The van der Waals surface area contributed by atoms with Crippen LogP contribution in [0.25, 0.3) is 0 Å². The molecule has 1 fully saturated rings. The fraction of sp³-hybridized carbons (Fsp3) is 0.750. The Balaban J connectivity index is 1.95. The Bertz CT molecular complexity index is 255. The van der Waals surface area contributed by atoms with Crippen molar-refractivity contribution in [2.75, 3.05) is 0 Å². The van der Waals surface area contributed by atoms with E-state index in [0.29, 0.717) is 0 Å². The molecule has 2 aliphatic carbocycles. The summed E-state index contributed by atoms with van der Waals surface area (Å²) in [6, 6.07) is 0. The Hall–Kier alpha value is -0.790. The van der Waals surface area contributed by atoms with Crippen molar-refractivity contribution in [1.29, 1.82) is 0 Å². The third kappa shape index (κ3) is 2.17. The minimum atomic E-state index is -0.134. The van der Waals surface area contributed by atoms with Gasteiger partial charge < -0.3 is 4.74 Å². The van der Waals surface area contributed by atoms with E-state index in [4.69, 9.17) is 4.74 Å². The zero-order chi connectivity index (χ0) is 9.97.